The van der Waals surface area contributed by atoms with Crippen LogP contribution in [0.3, 0.4) is 0 Å². The fraction of sp³-hybridized carbons (Fsp3) is 0.455. The van der Waals surface area contributed by atoms with Crippen LogP contribution in [0.1, 0.15) is 12.0 Å². The average molecular weight is 305 g/mol. The van der Waals surface area contributed by atoms with E-state index in [0.29, 0.717) is 12.4 Å². The van der Waals surface area contributed by atoms with Gasteiger partial charge in [0.1, 0.15) is 5.25 Å². The zero-order valence-electron chi connectivity index (χ0n) is 10.2. The van der Waals surface area contributed by atoms with Gasteiger partial charge < -0.3 is 9.64 Å². The first-order valence-corrected chi connectivity index (χ1v) is 7.97. The number of likely N-dealkylation sites (tertiary alicyclic amines) is 1. The molecule has 0 aromatic carbocycles. The highest BCUT2D eigenvalue weighted by molar-refractivity contribution is 8.14. The molecule has 1 aromatic heterocycles. The van der Waals surface area contributed by atoms with Gasteiger partial charge >= 0.3 is 0 Å². The molecule has 19 heavy (non-hydrogen) atoms. The van der Waals surface area contributed by atoms with Crippen LogP contribution in [0.2, 0.25) is 0 Å². The Labute approximate surface area is 115 Å². The molecule has 2 heterocycles. The van der Waals surface area contributed by atoms with E-state index in [0.717, 1.165) is 5.56 Å². The summed E-state index contributed by atoms with van der Waals surface area (Å²) in [6, 6.07) is 3.47. The summed E-state index contributed by atoms with van der Waals surface area (Å²) in [6.07, 6.45) is 1.53. The van der Waals surface area contributed by atoms with E-state index >= 15 is 0 Å². The molecule has 8 heteroatoms. The van der Waals surface area contributed by atoms with Crippen LogP contribution in [-0.2, 0) is 20.4 Å². The van der Waals surface area contributed by atoms with E-state index in [1.165, 1.54) is 12.0 Å². The number of hydrogen-bond acceptors (Lipinski definition) is 5. The second-order valence-corrected chi connectivity index (χ2v) is 7.19. The van der Waals surface area contributed by atoms with Crippen LogP contribution in [0.5, 0.6) is 5.88 Å². The van der Waals surface area contributed by atoms with Gasteiger partial charge in [0, 0.05) is 42.5 Å². The minimum absolute atomic E-state index is 0.0601. The predicted octanol–water partition coefficient (Wildman–Crippen LogP) is 0.760. The number of carbonyl (C=O) groups is 1. The van der Waals surface area contributed by atoms with Gasteiger partial charge in [-0.1, -0.05) is 6.07 Å². The van der Waals surface area contributed by atoms with Gasteiger partial charge in [0.15, 0.2) is 0 Å². The van der Waals surface area contributed by atoms with Crippen molar-refractivity contribution in [2.24, 2.45) is 0 Å². The Hall–Kier alpha value is -1.34. The predicted molar refractivity (Wildman–Crippen MR) is 69.4 cm³/mol. The molecule has 0 aliphatic carbocycles. The largest absolute Gasteiger partial charge is 0.481 e. The van der Waals surface area contributed by atoms with Gasteiger partial charge in [-0.3, -0.25) is 4.79 Å². The second kappa shape index (κ2) is 5.34. The summed E-state index contributed by atoms with van der Waals surface area (Å²) in [5.41, 5.74) is 0.807. The molecule has 2 rings (SSSR count). The lowest BCUT2D eigenvalue weighted by atomic mass is 10.2. The van der Waals surface area contributed by atoms with Crippen molar-refractivity contribution in [1.82, 2.24) is 9.88 Å². The lowest BCUT2D eigenvalue weighted by Gasteiger charge is -2.15. The zero-order chi connectivity index (χ0) is 14.0. The summed E-state index contributed by atoms with van der Waals surface area (Å²) in [5.74, 6) is 0.266. The smallest absolute Gasteiger partial charge is 0.237 e. The van der Waals surface area contributed by atoms with Crippen LogP contribution in [0.15, 0.2) is 18.3 Å². The average Bonchev–Trinajstić information content (AvgIpc) is 2.72. The topological polar surface area (TPSA) is 76.6 Å². The molecule has 1 unspecified atom stereocenters. The normalized spacial score (nSPS) is 19.8. The van der Waals surface area contributed by atoms with Crippen molar-refractivity contribution in [3.05, 3.63) is 23.9 Å². The Bertz CT molecular complexity index is 573. The van der Waals surface area contributed by atoms with Gasteiger partial charge in [-0.25, -0.2) is 13.4 Å². The van der Waals surface area contributed by atoms with E-state index in [4.69, 9.17) is 15.4 Å². The highest BCUT2D eigenvalue weighted by Gasteiger charge is 2.37. The fourth-order valence-corrected chi connectivity index (χ4v) is 2.98. The number of nitrogens with zero attached hydrogens (tertiary/aromatic N) is 2. The molecule has 0 saturated carbocycles. The van der Waals surface area contributed by atoms with Gasteiger partial charge in [0.2, 0.25) is 20.8 Å². The zero-order valence-corrected chi connectivity index (χ0v) is 11.8. The molecular formula is C11H13ClN2O4S. The van der Waals surface area contributed by atoms with E-state index in [-0.39, 0.29) is 18.9 Å². The maximum Gasteiger partial charge on any atom is 0.237 e. The number of pyridine rings is 1. The minimum Gasteiger partial charge on any atom is -0.481 e. The molecule has 1 amide bonds. The summed E-state index contributed by atoms with van der Waals surface area (Å²) >= 11 is 0. The summed E-state index contributed by atoms with van der Waals surface area (Å²) in [5, 5.41) is -0.826. The van der Waals surface area contributed by atoms with Crippen LogP contribution < -0.4 is 4.74 Å². The number of ether oxygens (including phenoxy) is 1. The molecule has 1 atom stereocenters. The Kier molecular flexibility index (Phi) is 3.96. The molecule has 6 nitrogen and oxygen atoms in total. The van der Waals surface area contributed by atoms with E-state index in [1.54, 1.807) is 18.3 Å². The van der Waals surface area contributed by atoms with Crippen molar-refractivity contribution in [3.8, 4) is 5.88 Å². The summed E-state index contributed by atoms with van der Waals surface area (Å²) in [6.45, 7) is 0.440. The summed E-state index contributed by atoms with van der Waals surface area (Å²) in [7, 11) is 3.10. The Morgan fingerprint density at radius 3 is 2.74 bits per heavy atom. The second-order valence-electron chi connectivity index (χ2n) is 4.28. The molecule has 104 valence electrons. The molecule has 0 spiro atoms. The maximum atomic E-state index is 11.7. The first kappa shape index (κ1) is 14.1. The van der Waals surface area contributed by atoms with Gasteiger partial charge in [-0.2, -0.15) is 0 Å². The Morgan fingerprint density at radius 1 is 1.53 bits per heavy atom. The van der Waals surface area contributed by atoms with Crippen molar-refractivity contribution in [2.45, 2.75) is 18.2 Å². The number of rotatable bonds is 4. The quantitative estimate of drug-likeness (QED) is 0.768. The van der Waals surface area contributed by atoms with E-state index in [9.17, 15) is 13.2 Å². The van der Waals surface area contributed by atoms with Crippen LogP contribution in [0.25, 0.3) is 0 Å². The third kappa shape index (κ3) is 3.36. The van der Waals surface area contributed by atoms with E-state index in [2.05, 4.69) is 4.98 Å². The third-order valence-corrected chi connectivity index (χ3v) is 4.83. The molecule has 1 aliphatic heterocycles. The van der Waals surface area contributed by atoms with Crippen LogP contribution >= 0.6 is 10.7 Å². The van der Waals surface area contributed by atoms with Crippen LogP contribution in [-0.4, -0.2) is 43.1 Å². The molecule has 1 saturated heterocycles. The number of methoxy groups -OCH3 is 1. The minimum atomic E-state index is -3.70. The monoisotopic (exact) mass is 304 g/mol. The van der Waals surface area contributed by atoms with Crippen molar-refractivity contribution in [1.29, 1.82) is 0 Å². The Morgan fingerprint density at radius 2 is 2.26 bits per heavy atom. The highest BCUT2D eigenvalue weighted by atomic mass is 35.7. The number of amides is 1. The molecule has 0 N–H and O–H groups in total. The fourth-order valence-electron chi connectivity index (χ4n) is 1.92. The molecule has 0 radical (unpaired) electrons. The van der Waals surface area contributed by atoms with Crippen LogP contribution in [0, 0.1) is 0 Å². The van der Waals surface area contributed by atoms with Gasteiger partial charge in [-0.05, 0) is 5.56 Å². The van der Waals surface area contributed by atoms with E-state index in [1.807, 2.05) is 0 Å². The number of halogens is 1. The van der Waals surface area contributed by atoms with Crippen LogP contribution in [0.4, 0.5) is 0 Å². The lowest BCUT2D eigenvalue weighted by molar-refractivity contribution is -0.128. The Balaban J connectivity index is 2.05. The van der Waals surface area contributed by atoms with Crippen molar-refractivity contribution < 1.29 is 17.9 Å². The first-order valence-electron chi connectivity index (χ1n) is 5.60. The number of carbonyl (C=O) groups excluding carboxylic acids is 1. The van der Waals surface area contributed by atoms with Crippen molar-refractivity contribution >= 4 is 25.6 Å². The number of hydrogen-bond donors (Lipinski definition) is 0. The van der Waals surface area contributed by atoms with Crippen molar-refractivity contribution in [3.63, 3.8) is 0 Å². The third-order valence-electron chi connectivity index (χ3n) is 2.96. The standard InChI is InChI=1S/C11H13ClN2O4S/c1-18-10-3-2-8(5-13-10)6-14-7-9(4-11(14)15)19(12,16)17/h2-3,5,9H,4,6-7H2,1H3. The lowest BCUT2D eigenvalue weighted by Crippen LogP contribution is -2.26. The molecular weight excluding hydrogens is 292 g/mol. The molecule has 1 aliphatic rings. The maximum absolute atomic E-state index is 11.7. The van der Waals surface area contributed by atoms with E-state index < -0.39 is 14.3 Å². The summed E-state index contributed by atoms with van der Waals surface area (Å²) < 4.78 is 27.4. The van der Waals surface area contributed by atoms with Gasteiger partial charge in [0.25, 0.3) is 0 Å². The highest BCUT2D eigenvalue weighted by Crippen LogP contribution is 2.23. The number of aromatic nitrogens is 1. The molecule has 1 aromatic rings. The van der Waals surface area contributed by atoms with Crippen molar-refractivity contribution in [2.75, 3.05) is 13.7 Å². The first-order chi connectivity index (χ1) is 8.90. The SMILES string of the molecule is COc1ccc(CN2CC(S(=O)(=O)Cl)CC2=O)cn1. The molecule has 1 fully saturated rings. The summed E-state index contributed by atoms with van der Waals surface area (Å²) in [4.78, 5) is 17.2. The van der Waals surface area contributed by atoms with Gasteiger partial charge in [-0.15, -0.1) is 0 Å². The van der Waals surface area contributed by atoms with Gasteiger partial charge in [0.05, 0.1) is 7.11 Å². The molecule has 0 bridgehead atoms.